The van der Waals surface area contributed by atoms with Crippen molar-refractivity contribution < 1.29 is 0 Å². The maximum atomic E-state index is 11.6. The minimum absolute atomic E-state index is 0.0469. The molecule has 0 amide bonds. The Bertz CT molecular complexity index is 677. The predicted molar refractivity (Wildman–Crippen MR) is 83.9 cm³/mol. The van der Waals surface area contributed by atoms with Gasteiger partial charge in [0.15, 0.2) is 0 Å². The molecule has 0 aliphatic carbocycles. The fourth-order valence-corrected chi connectivity index (χ4v) is 2.55. The number of hydrogen-bond donors (Lipinski definition) is 0. The van der Waals surface area contributed by atoms with Crippen molar-refractivity contribution >= 4 is 5.95 Å². The van der Waals surface area contributed by atoms with Gasteiger partial charge in [0.2, 0.25) is 5.95 Å². The lowest BCUT2D eigenvalue weighted by Crippen LogP contribution is -2.48. The van der Waals surface area contributed by atoms with Crippen LogP contribution in [-0.2, 0) is 6.54 Å². The molecule has 0 spiro atoms. The van der Waals surface area contributed by atoms with E-state index in [1.54, 1.807) is 24.5 Å². The Morgan fingerprint density at radius 3 is 2.64 bits per heavy atom. The molecule has 2 aromatic rings. The Morgan fingerprint density at radius 2 is 1.91 bits per heavy atom. The zero-order chi connectivity index (χ0) is 15.4. The van der Waals surface area contributed by atoms with Gasteiger partial charge in [-0.2, -0.15) is 5.10 Å². The Labute approximate surface area is 129 Å². The van der Waals surface area contributed by atoms with Crippen LogP contribution in [0, 0.1) is 6.92 Å². The molecule has 0 unspecified atom stereocenters. The quantitative estimate of drug-likeness (QED) is 0.801. The van der Waals surface area contributed by atoms with Crippen molar-refractivity contribution in [3.8, 4) is 0 Å². The summed E-state index contributed by atoms with van der Waals surface area (Å²) in [4.78, 5) is 25.0. The highest BCUT2D eigenvalue weighted by Crippen LogP contribution is 2.10. The van der Waals surface area contributed by atoms with Gasteiger partial charge in [0.25, 0.3) is 5.56 Å². The molecule has 7 nitrogen and oxygen atoms in total. The molecule has 7 heteroatoms. The first-order chi connectivity index (χ1) is 10.7. The van der Waals surface area contributed by atoms with E-state index in [0.29, 0.717) is 6.54 Å². The molecule has 2 aromatic heterocycles. The van der Waals surface area contributed by atoms with Gasteiger partial charge in [0.1, 0.15) is 0 Å². The lowest BCUT2D eigenvalue weighted by Gasteiger charge is -2.34. The first kappa shape index (κ1) is 14.6. The van der Waals surface area contributed by atoms with Crippen LogP contribution in [-0.4, -0.2) is 57.4 Å². The summed E-state index contributed by atoms with van der Waals surface area (Å²) in [6, 6.07) is 5.11. The first-order valence-corrected chi connectivity index (χ1v) is 7.51. The van der Waals surface area contributed by atoms with E-state index in [9.17, 15) is 4.79 Å². The Morgan fingerprint density at radius 1 is 1.09 bits per heavy atom. The molecule has 0 bridgehead atoms. The van der Waals surface area contributed by atoms with Crippen LogP contribution < -0.4 is 10.5 Å². The molecule has 1 fully saturated rings. The minimum atomic E-state index is -0.0469. The molecule has 3 rings (SSSR count). The van der Waals surface area contributed by atoms with Crippen LogP contribution >= 0.6 is 0 Å². The van der Waals surface area contributed by atoms with Crippen LogP contribution in [0.15, 0.2) is 35.4 Å². The second-order valence-corrected chi connectivity index (χ2v) is 5.41. The summed E-state index contributed by atoms with van der Waals surface area (Å²) < 4.78 is 1.51. The second-order valence-electron chi connectivity index (χ2n) is 5.41. The number of aryl methyl sites for hydroxylation is 1. The first-order valence-electron chi connectivity index (χ1n) is 7.51. The highest BCUT2D eigenvalue weighted by molar-refractivity contribution is 5.30. The number of piperazine rings is 1. The van der Waals surface area contributed by atoms with Gasteiger partial charge in [-0.3, -0.25) is 9.69 Å². The summed E-state index contributed by atoms with van der Waals surface area (Å²) in [5.74, 6) is 0.806. The van der Waals surface area contributed by atoms with Gasteiger partial charge in [-0.15, -0.1) is 0 Å². The topological polar surface area (TPSA) is 67.2 Å². The van der Waals surface area contributed by atoms with Gasteiger partial charge < -0.3 is 4.90 Å². The predicted octanol–water partition coefficient (Wildman–Crippen LogP) is 0.164. The molecule has 0 saturated carbocycles. The van der Waals surface area contributed by atoms with Crippen molar-refractivity contribution in [2.24, 2.45) is 0 Å². The van der Waals surface area contributed by atoms with Crippen molar-refractivity contribution in [2.75, 3.05) is 37.6 Å². The summed E-state index contributed by atoms with van der Waals surface area (Å²) in [7, 11) is 0. The zero-order valence-corrected chi connectivity index (χ0v) is 12.7. The minimum Gasteiger partial charge on any atom is -0.338 e. The van der Waals surface area contributed by atoms with Crippen LogP contribution in [0.5, 0.6) is 0 Å². The van der Waals surface area contributed by atoms with E-state index in [1.165, 1.54) is 4.68 Å². The third-order valence-electron chi connectivity index (χ3n) is 3.85. The van der Waals surface area contributed by atoms with Crippen molar-refractivity contribution in [3.05, 3.63) is 46.6 Å². The lowest BCUT2D eigenvalue weighted by molar-refractivity contribution is 0.241. The molecule has 1 aliphatic heterocycles. The van der Waals surface area contributed by atoms with Crippen LogP contribution in [0.25, 0.3) is 0 Å². The number of aromatic nitrogens is 4. The highest BCUT2D eigenvalue weighted by Gasteiger charge is 2.18. The number of anilines is 1. The van der Waals surface area contributed by atoms with Crippen LogP contribution in [0.4, 0.5) is 5.95 Å². The lowest BCUT2D eigenvalue weighted by atomic mass is 10.3. The fourth-order valence-electron chi connectivity index (χ4n) is 2.55. The third kappa shape index (κ3) is 3.48. The molecule has 116 valence electrons. The molecule has 0 radical (unpaired) electrons. The fraction of sp³-hybridized carbons (Fsp3) is 0.467. The van der Waals surface area contributed by atoms with Gasteiger partial charge >= 0.3 is 0 Å². The van der Waals surface area contributed by atoms with Crippen LogP contribution in [0.1, 0.15) is 5.69 Å². The normalized spacial score (nSPS) is 16.0. The molecular weight excluding hydrogens is 280 g/mol. The summed E-state index contributed by atoms with van der Waals surface area (Å²) in [5, 5.41) is 4.08. The summed E-state index contributed by atoms with van der Waals surface area (Å²) in [6.45, 7) is 7.13. The van der Waals surface area contributed by atoms with E-state index in [2.05, 4.69) is 24.9 Å². The molecule has 0 aromatic carbocycles. The maximum absolute atomic E-state index is 11.6. The molecule has 1 saturated heterocycles. The van der Waals surface area contributed by atoms with Crippen molar-refractivity contribution in [1.29, 1.82) is 0 Å². The van der Waals surface area contributed by atoms with Crippen LogP contribution in [0.2, 0.25) is 0 Å². The standard InChI is InChI=1S/C15H20N6O/c1-13-4-6-16-15(18-13)20-10-7-19(8-11-20)9-12-21-14(22)3-2-5-17-21/h2-6H,7-12H2,1H3. The number of hydrogen-bond acceptors (Lipinski definition) is 6. The largest absolute Gasteiger partial charge is 0.338 e. The maximum Gasteiger partial charge on any atom is 0.266 e. The van der Waals surface area contributed by atoms with Crippen LogP contribution in [0.3, 0.4) is 0 Å². The van der Waals surface area contributed by atoms with Crippen molar-refractivity contribution in [3.63, 3.8) is 0 Å². The van der Waals surface area contributed by atoms with Gasteiger partial charge in [0, 0.05) is 56.9 Å². The highest BCUT2D eigenvalue weighted by atomic mass is 16.1. The SMILES string of the molecule is Cc1ccnc(N2CCN(CCn3ncccc3=O)CC2)n1. The average molecular weight is 300 g/mol. The molecule has 1 aliphatic rings. The van der Waals surface area contributed by atoms with Gasteiger partial charge in [0.05, 0.1) is 6.54 Å². The zero-order valence-electron chi connectivity index (χ0n) is 12.7. The van der Waals surface area contributed by atoms with Gasteiger partial charge in [-0.25, -0.2) is 14.6 Å². The Balaban J connectivity index is 1.52. The molecule has 3 heterocycles. The van der Waals surface area contributed by atoms with E-state index < -0.39 is 0 Å². The van der Waals surface area contributed by atoms with Crippen molar-refractivity contribution in [2.45, 2.75) is 13.5 Å². The number of rotatable bonds is 4. The van der Waals surface area contributed by atoms with E-state index in [-0.39, 0.29) is 5.56 Å². The van der Waals surface area contributed by atoms with Gasteiger partial charge in [-0.1, -0.05) is 0 Å². The summed E-state index contributed by atoms with van der Waals surface area (Å²) in [5.41, 5.74) is 0.941. The summed E-state index contributed by atoms with van der Waals surface area (Å²) in [6.07, 6.45) is 3.45. The Hall–Kier alpha value is -2.28. The molecular formula is C15H20N6O. The van der Waals surface area contributed by atoms with Crippen molar-refractivity contribution in [1.82, 2.24) is 24.6 Å². The Kier molecular flexibility index (Phi) is 4.43. The second kappa shape index (κ2) is 6.65. The van der Waals surface area contributed by atoms with Gasteiger partial charge in [-0.05, 0) is 19.1 Å². The average Bonchev–Trinajstić information content (AvgIpc) is 2.55. The number of nitrogens with zero attached hydrogens (tertiary/aromatic N) is 6. The molecule has 22 heavy (non-hydrogen) atoms. The monoisotopic (exact) mass is 300 g/mol. The smallest absolute Gasteiger partial charge is 0.266 e. The van der Waals surface area contributed by atoms with E-state index in [4.69, 9.17) is 0 Å². The van der Waals surface area contributed by atoms with E-state index >= 15 is 0 Å². The van der Waals surface area contributed by atoms with E-state index in [1.807, 2.05) is 13.0 Å². The molecule has 0 atom stereocenters. The van der Waals surface area contributed by atoms with E-state index in [0.717, 1.165) is 44.4 Å². The summed E-state index contributed by atoms with van der Waals surface area (Å²) >= 11 is 0. The third-order valence-corrected chi connectivity index (χ3v) is 3.85. The molecule has 0 N–H and O–H groups in total.